The lowest BCUT2D eigenvalue weighted by Crippen LogP contribution is -2.12. The number of fused-ring (bicyclic) bond motifs is 1. The second kappa shape index (κ2) is 7.29. The van der Waals surface area contributed by atoms with Crippen LogP contribution in [-0.2, 0) is 0 Å². The Balaban J connectivity index is 1.95. The molecule has 0 amide bonds. The summed E-state index contributed by atoms with van der Waals surface area (Å²) in [6.45, 7) is 0.171. The molecule has 1 aliphatic heterocycles. The number of nitrogen functional groups attached to an aromatic ring is 1. The van der Waals surface area contributed by atoms with Crippen LogP contribution in [-0.4, -0.2) is 33.8 Å². The first-order valence-electron chi connectivity index (χ1n) is 7.87. The third-order valence-electron chi connectivity index (χ3n) is 4.00. The van der Waals surface area contributed by atoms with Gasteiger partial charge in [-0.1, -0.05) is 0 Å². The Bertz CT molecular complexity index is 893. The van der Waals surface area contributed by atoms with E-state index in [4.69, 9.17) is 19.9 Å². The second-order valence-corrected chi connectivity index (χ2v) is 6.79. The van der Waals surface area contributed by atoms with Crippen LogP contribution in [0.4, 0.5) is 11.4 Å². The number of anilines is 2. The van der Waals surface area contributed by atoms with Gasteiger partial charge in [-0.15, -0.1) is 0 Å². The first-order valence-corrected chi connectivity index (χ1v) is 8.66. The maximum Gasteiger partial charge on any atom is 0.231 e. The van der Waals surface area contributed by atoms with Gasteiger partial charge in [-0.05, 0) is 46.3 Å². The Morgan fingerprint density at radius 2 is 1.92 bits per heavy atom. The number of hydrogen-bond acceptors (Lipinski definition) is 6. The molecule has 0 saturated carbocycles. The number of ketones is 1. The van der Waals surface area contributed by atoms with Crippen molar-refractivity contribution in [2.75, 3.05) is 38.6 Å². The third kappa shape index (κ3) is 3.48. The molecule has 2 aromatic carbocycles. The van der Waals surface area contributed by atoms with Gasteiger partial charge in [-0.2, -0.15) is 0 Å². The number of rotatable bonds is 5. The van der Waals surface area contributed by atoms with Crippen molar-refractivity contribution in [3.05, 3.63) is 45.9 Å². The van der Waals surface area contributed by atoms with Gasteiger partial charge in [0.15, 0.2) is 17.3 Å². The summed E-state index contributed by atoms with van der Waals surface area (Å²) in [5.74, 6) is 1.67. The molecule has 7 heteroatoms. The van der Waals surface area contributed by atoms with Gasteiger partial charge in [0.05, 0.1) is 23.0 Å². The number of halogens is 1. The Labute approximate surface area is 160 Å². The van der Waals surface area contributed by atoms with Gasteiger partial charge in [0.1, 0.15) is 5.75 Å². The summed E-state index contributed by atoms with van der Waals surface area (Å²) in [5.41, 5.74) is 8.60. The van der Waals surface area contributed by atoms with Crippen LogP contribution in [0.3, 0.4) is 0 Å². The van der Waals surface area contributed by atoms with Crippen molar-refractivity contribution in [1.29, 1.82) is 0 Å². The standard InChI is InChI=1S/C19H19BrN2O4/c1-22(2)15-7-11(4-5-14(15)21)19(23)13(20)6-12-8-17-18(26-10-25-17)9-16(12)24-3/h4-9H,10,21H2,1-3H3. The fourth-order valence-corrected chi connectivity index (χ4v) is 3.12. The molecule has 0 radical (unpaired) electrons. The summed E-state index contributed by atoms with van der Waals surface area (Å²) < 4.78 is 16.5. The highest BCUT2D eigenvalue weighted by molar-refractivity contribution is 9.12. The topological polar surface area (TPSA) is 74.0 Å². The van der Waals surface area contributed by atoms with Crippen molar-refractivity contribution >= 4 is 39.2 Å². The number of nitrogens with zero attached hydrogens (tertiary/aromatic N) is 1. The van der Waals surface area contributed by atoms with Gasteiger partial charge in [0.25, 0.3) is 0 Å². The molecule has 2 aromatic rings. The summed E-state index contributed by atoms with van der Waals surface area (Å²) in [5, 5.41) is 0. The molecule has 6 nitrogen and oxygen atoms in total. The fraction of sp³-hybridized carbons (Fsp3) is 0.211. The van der Waals surface area contributed by atoms with E-state index in [0.717, 1.165) is 5.69 Å². The highest BCUT2D eigenvalue weighted by Crippen LogP contribution is 2.39. The SMILES string of the molecule is COc1cc2c(cc1C=C(Br)C(=O)c1ccc(N)c(N(C)C)c1)OCO2. The smallest absolute Gasteiger partial charge is 0.231 e. The number of benzene rings is 2. The quantitative estimate of drug-likeness (QED) is 0.453. The summed E-state index contributed by atoms with van der Waals surface area (Å²) in [7, 11) is 5.32. The lowest BCUT2D eigenvalue weighted by atomic mass is 10.1. The summed E-state index contributed by atoms with van der Waals surface area (Å²) in [6.07, 6.45) is 1.70. The van der Waals surface area contributed by atoms with E-state index in [9.17, 15) is 4.79 Å². The largest absolute Gasteiger partial charge is 0.496 e. The highest BCUT2D eigenvalue weighted by atomic mass is 79.9. The average Bonchev–Trinajstić information content (AvgIpc) is 3.07. The predicted molar refractivity (Wildman–Crippen MR) is 106 cm³/mol. The van der Waals surface area contributed by atoms with E-state index in [2.05, 4.69) is 15.9 Å². The van der Waals surface area contributed by atoms with E-state index in [-0.39, 0.29) is 12.6 Å². The number of Topliss-reactive ketones (excluding diaryl/α,β-unsaturated/α-hetero) is 1. The van der Waals surface area contributed by atoms with Gasteiger partial charge in [-0.3, -0.25) is 4.79 Å². The summed E-state index contributed by atoms with van der Waals surface area (Å²) >= 11 is 3.38. The monoisotopic (exact) mass is 418 g/mol. The number of allylic oxidation sites excluding steroid dienone is 1. The molecular weight excluding hydrogens is 400 g/mol. The van der Waals surface area contributed by atoms with Crippen molar-refractivity contribution in [2.24, 2.45) is 0 Å². The van der Waals surface area contributed by atoms with Crippen molar-refractivity contribution in [3.63, 3.8) is 0 Å². The minimum Gasteiger partial charge on any atom is -0.496 e. The van der Waals surface area contributed by atoms with Crippen LogP contribution in [0.5, 0.6) is 17.2 Å². The van der Waals surface area contributed by atoms with Gasteiger partial charge < -0.3 is 24.8 Å². The number of ether oxygens (including phenoxy) is 3. The van der Waals surface area contributed by atoms with E-state index in [0.29, 0.717) is 38.5 Å². The second-order valence-electron chi connectivity index (χ2n) is 5.94. The molecule has 1 aliphatic rings. The van der Waals surface area contributed by atoms with Crippen LogP contribution in [0, 0.1) is 0 Å². The van der Waals surface area contributed by atoms with Crippen LogP contribution in [0.25, 0.3) is 6.08 Å². The molecule has 0 atom stereocenters. The van der Waals surface area contributed by atoms with Crippen LogP contribution >= 0.6 is 15.9 Å². The highest BCUT2D eigenvalue weighted by Gasteiger charge is 2.19. The van der Waals surface area contributed by atoms with Gasteiger partial charge in [-0.25, -0.2) is 0 Å². The summed E-state index contributed by atoms with van der Waals surface area (Å²) in [6, 6.07) is 8.72. The molecule has 0 unspecified atom stereocenters. The van der Waals surface area contributed by atoms with Crippen molar-refractivity contribution in [3.8, 4) is 17.2 Å². The maximum absolute atomic E-state index is 12.8. The van der Waals surface area contributed by atoms with E-state index in [1.54, 1.807) is 43.5 Å². The zero-order valence-corrected chi connectivity index (χ0v) is 16.3. The zero-order chi connectivity index (χ0) is 18.8. The molecule has 0 aliphatic carbocycles. The van der Waals surface area contributed by atoms with Crippen molar-refractivity contribution in [1.82, 2.24) is 0 Å². The maximum atomic E-state index is 12.8. The van der Waals surface area contributed by atoms with Crippen LogP contribution in [0.15, 0.2) is 34.8 Å². The lowest BCUT2D eigenvalue weighted by molar-refractivity contribution is 0.104. The zero-order valence-electron chi connectivity index (χ0n) is 14.7. The van der Waals surface area contributed by atoms with E-state index < -0.39 is 0 Å². The molecule has 26 heavy (non-hydrogen) atoms. The van der Waals surface area contributed by atoms with Gasteiger partial charge in [0, 0.05) is 31.3 Å². The number of carbonyl (C=O) groups excluding carboxylic acids is 1. The molecule has 0 saturated heterocycles. The average molecular weight is 419 g/mol. The lowest BCUT2D eigenvalue weighted by Gasteiger charge is -2.16. The third-order valence-corrected chi connectivity index (χ3v) is 4.59. The normalized spacial score (nSPS) is 12.8. The van der Waals surface area contributed by atoms with E-state index in [1.165, 1.54) is 0 Å². The molecule has 0 bridgehead atoms. The molecule has 0 fully saturated rings. The van der Waals surface area contributed by atoms with Crippen molar-refractivity contribution in [2.45, 2.75) is 0 Å². The van der Waals surface area contributed by atoms with Gasteiger partial charge in [0.2, 0.25) is 6.79 Å². The Morgan fingerprint density at radius 1 is 1.23 bits per heavy atom. The first kappa shape index (κ1) is 18.1. The van der Waals surface area contributed by atoms with Gasteiger partial charge >= 0.3 is 0 Å². The molecule has 1 heterocycles. The van der Waals surface area contributed by atoms with E-state index in [1.807, 2.05) is 19.0 Å². The Hall–Kier alpha value is -2.67. The molecule has 0 spiro atoms. The number of nitrogens with two attached hydrogens (primary N) is 1. The Kier molecular flexibility index (Phi) is 5.08. The molecule has 0 aromatic heterocycles. The number of hydrogen-bond donors (Lipinski definition) is 1. The minimum absolute atomic E-state index is 0.159. The first-order chi connectivity index (χ1) is 12.4. The number of carbonyl (C=O) groups is 1. The molecule has 2 N–H and O–H groups in total. The van der Waals surface area contributed by atoms with Crippen molar-refractivity contribution < 1.29 is 19.0 Å². The van der Waals surface area contributed by atoms with Crippen LogP contribution in [0.2, 0.25) is 0 Å². The number of methoxy groups -OCH3 is 1. The molecule has 136 valence electrons. The fourth-order valence-electron chi connectivity index (χ4n) is 2.64. The molecular formula is C19H19BrN2O4. The van der Waals surface area contributed by atoms with Crippen LogP contribution in [0.1, 0.15) is 15.9 Å². The van der Waals surface area contributed by atoms with Crippen LogP contribution < -0.4 is 24.8 Å². The predicted octanol–water partition coefficient (Wildman–Crippen LogP) is 3.69. The van der Waals surface area contributed by atoms with E-state index >= 15 is 0 Å². The Morgan fingerprint density at radius 3 is 2.58 bits per heavy atom. The minimum atomic E-state index is -0.159. The summed E-state index contributed by atoms with van der Waals surface area (Å²) in [4.78, 5) is 14.7. The molecule has 3 rings (SSSR count).